The van der Waals surface area contributed by atoms with Crippen molar-refractivity contribution in [2.24, 2.45) is 5.73 Å². The van der Waals surface area contributed by atoms with Crippen molar-refractivity contribution in [3.63, 3.8) is 0 Å². The minimum atomic E-state index is -0.490. The van der Waals surface area contributed by atoms with Gasteiger partial charge < -0.3 is 11.1 Å². The molecule has 1 atom stereocenters. The molecule has 0 saturated carbocycles. The lowest BCUT2D eigenvalue weighted by atomic mass is 10.3. The number of carbonyl (C=O) groups is 1. The van der Waals surface area contributed by atoms with E-state index in [1.165, 1.54) is 0 Å². The highest BCUT2D eigenvalue weighted by Crippen LogP contribution is 1.91. The van der Waals surface area contributed by atoms with Crippen LogP contribution in [0.2, 0.25) is 0 Å². The van der Waals surface area contributed by atoms with Crippen molar-refractivity contribution in [1.82, 2.24) is 5.32 Å². The van der Waals surface area contributed by atoms with Crippen LogP contribution < -0.4 is 11.1 Å². The summed E-state index contributed by atoms with van der Waals surface area (Å²) in [5, 5.41) is 2.88. The van der Waals surface area contributed by atoms with Crippen molar-refractivity contribution in [3.05, 3.63) is 11.6 Å². The maximum Gasteiger partial charge on any atom is 0.236 e. The van der Waals surface area contributed by atoms with Gasteiger partial charge in [-0.1, -0.05) is 18.2 Å². The number of hydrogen-bond acceptors (Lipinski definition) is 2. The Hall–Kier alpha value is -0.540. The lowest BCUT2D eigenvalue weighted by Gasteiger charge is -2.05. The zero-order valence-electron chi connectivity index (χ0n) is 5.86. The third-order valence-electron chi connectivity index (χ3n) is 0.868. The van der Waals surface area contributed by atoms with Gasteiger partial charge in [0.05, 0.1) is 12.6 Å². The third-order valence-corrected chi connectivity index (χ3v) is 1.00. The van der Waals surface area contributed by atoms with Gasteiger partial charge in [0.1, 0.15) is 0 Å². The van der Waals surface area contributed by atoms with E-state index in [9.17, 15) is 4.79 Å². The Morgan fingerprint density at radius 3 is 2.70 bits per heavy atom. The van der Waals surface area contributed by atoms with Crippen LogP contribution in [0.5, 0.6) is 0 Å². The lowest BCUT2D eigenvalue weighted by molar-refractivity contribution is -0.121. The van der Waals surface area contributed by atoms with Crippen LogP contribution >= 0.6 is 11.6 Å². The summed E-state index contributed by atoms with van der Waals surface area (Å²) in [6.07, 6.45) is 0. The molecule has 0 aliphatic heterocycles. The Balaban J connectivity index is 3.50. The molecule has 0 aromatic rings. The van der Waals surface area contributed by atoms with E-state index in [0.29, 0.717) is 5.03 Å². The summed E-state index contributed by atoms with van der Waals surface area (Å²) in [5.41, 5.74) is 5.24. The summed E-state index contributed by atoms with van der Waals surface area (Å²) >= 11 is 5.38. The number of carbonyl (C=O) groups excluding carboxylic acids is 1. The van der Waals surface area contributed by atoms with E-state index >= 15 is 0 Å². The molecule has 0 aromatic heterocycles. The average Bonchev–Trinajstić information content (AvgIpc) is 1.82. The van der Waals surface area contributed by atoms with E-state index in [1.54, 1.807) is 6.92 Å². The summed E-state index contributed by atoms with van der Waals surface area (Å²) < 4.78 is 0. The Morgan fingerprint density at radius 2 is 2.40 bits per heavy atom. The number of halogens is 1. The highest BCUT2D eigenvalue weighted by molar-refractivity contribution is 6.29. The van der Waals surface area contributed by atoms with E-state index in [1.807, 2.05) is 0 Å². The van der Waals surface area contributed by atoms with E-state index in [4.69, 9.17) is 17.3 Å². The molecule has 0 aliphatic rings. The van der Waals surface area contributed by atoms with Gasteiger partial charge in [0.2, 0.25) is 5.91 Å². The van der Waals surface area contributed by atoms with Crippen molar-refractivity contribution in [1.29, 1.82) is 0 Å². The van der Waals surface area contributed by atoms with E-state index in [-0.39, 0.29) is 12.5 Å². The Bertz CT molecular complexity index is 145. The molecule has 0 saturated heterocycles. The van der Waals surface area contributed by atoms with Crippen molar-refractivity contribution >= 4 is 17.5 Å². The highest BCUT2D eigenvalue weighted by Gasteiger charge is 2.04. The Labute approximate surface area is 65.2 Å². The van der Waals surface area contributed by atoms with Crippen molar-refractivity contribution in [2.75, 3.05) is 6.54 Å². The zero-order chi connectivity index (χ0) is 8.15. The van der Waals surface area contributed by atoms with Crippen LogP contribution in [0.1, 0.15) is 6.92 Å². The van der Waals surface area contributed by atoms with Gasteiger partial charge in [0.15, 0.2) is 0 Å². The van der Waals surface area contributed by atoms with E-state index in [2.05, 4.69) is 11.9 Å². The predicted molar refractivity (Wildman–Crippen MR) is 41.7 cm³/mol. The van der Waals surface area contributed by atoms with Crippen molar-refractivity contribution in [3.8, 4) is 0 Å². The monoisotopic (exact) mass is 162 g/mol. The maximum absolute atomic E-state index is 10.7. The van der Waals surface area contributed by atoms with Crippen LogP contribution in [0.15, 0.2) is 11.6 Å². The first kappa shape index (κ1) is 9.46. The fourth-order valence-electron chi connectivity index (χ4n) is 0.344. The van der Waals surface area contributed by atoms with Gasteiger partial charge in [-0.2, -0.15) is 0 Å². The first-order chi connectivity index (χ1) is 4.54. The third kappa shape index (κ3) is 4.35. The zero-order valence-corrected chi connectivity index (χ0v) is 6.61. The van der Waals surface area contributed by atoms with Gasteiger partial charge in [0, 0.05) is 5.03 Å². The summed E-state index contributed by atoms with van der Waals surface area (Å²) in [6.45, 7) is 5.28. The molecule has 0 spiro atoms. The number of amides is 1. The predicted octanol–water partition coefficient (Wildman–Crippen LogP) is 0.202. The molecule has 3 nitrogen and oxygen atoms in total. The van der Waals surface area contributed by atoms with Gasteiger partial charge in [-0.25, -0.2) is 0 Å². The SMILES string of the molecule is C=C(Cl)CNC(=O)[C@H](C)N. The molecule has 1 amide bonds. The standard InChI is InChI=1S/C6H11ClN2O/c1-4(7)3-9-6(10)5(2)8/h5H,1,3,8H2,2H3,(H,9,10)/t5-/m0/s1. The van der Waals surface area contributed by atoms with Gasteiger partial charge in [-0.3, -0.25) is 4.79 Å². The summed E-state index contributed by atoms with van der Waals surface area (Å²) in [6, 6.07) is -0.490. The summed E-state index contributed by atoms with van der Waals surface area (Å²) in [7, 11) is 0. The largest absolute Gasteiger partial charge is 0.350 e. The second kappa shape index (κ2) is 4.30. The van der Waals surface area contributed by atoms with Crippen LogP contribution in [0.4, 0.5) is 0 Å². The fraction of sp³-hybridized carbons (Fsp3) is 0.500. The number of nitrogens with two attached hydrogens (primary N) is 1. The first-order valence-corrected chi connectivity index (χ1v) is 3.28. The van der Waals surface area contributed by atoms with Crippen molar-refractivity contribution in [2.45, 2.75) is 13.0 Å². The average molecular weight is 163 g/mol. The molecule has 58 valence electrons. The van der Waals surface area contributed by atoms with Crippen LogP contribution in [0.25, 0.3) is 0 Å². The van der Waals surface area contributed by atoms with E-state index in [0.717, 1.165) is 0 Å². The molecule has 0 aliphatic carbocycles. The van der Waals surface area contributed by atoms with Gasteiger partial charge in [0.25, 0.3) is 0 Å². The van der Waals surface area contributed by atoms with Crippen LogP contribution in [0.3, 0.4) is 0 Å². The second-order valence-corrected chi connectivity index (χ2v) is 2.56. The van der Waals surface area contributed by atoms with Crippen LogP contribution in [-0.2, 0) is 4.79 Å². The van der Waals surface area contributed by atoms with Crippen LogP contribution in [0, 0.1) is 0 Å². The Kier molecular flexibility index (Phi) is 4.07. The van der Waals surface area contributed by atoms with Crippen molar-refractivity contribution < 1.29 is 4.79 Å². The molecule has 0 bridgehead atoms. The van der Waals surface area contributed by atoms with E-state index < -0.39 is 6.04 Å². The molecule has 4 heteroatoms. The number of hydrogen-bond donors (Lipinski definition) is 2. The van der Waals surface area contributed by atoms with Gasteiger partial charge >= 0.3 is 0 Å². The topological polar surface area (TPSA) is 55.1 Å². The number of rotatable bonds is 3. The molecule has 0 aromatic carbocycles. The smallest absolute Gasteiger partial charge is 0.236 e. The van der Waals surface area contributed by atoms with Gasteiger partial charge in [-0.05, 0) is 6.92 Å². The molecule has 0 rings (SSSR count). The molecular weight excluding hydrogens is 152 g/mol. The first-order valence-electron chi connectivity index (χ1n) is 2.90. The minimum Gasteiger partial charge on any atom is -0.350 e. The second-order valence-electron chi connectivity index (χ2n) is 2.02. The molecule has 0 radical (unpaired) electrons. The summed E-state index contributed by atoms with van der Waals surface area (Å²) in [5.74, 6) is -0.221. The fourth-order valence-corrected chi connectivity index (χ4v) is 0.411. The Morgan fingerprint density at radius 1 is 1.90 bits per heavy atom. The lowest BCUT2D eigenvalue weighted by Crippen LogP contribution is -2.38. The molecule has 0 unspecified atom stereocenters. The molecule has 0 fully saturated rings. The molecule has 3 N–H and O–H groups in total. The highest BCUT2D eigenvalue weighted by atomic mass is 35.5. The molecule has 10 heavy (non-hydrogen) atoms. The minimum absolute atomic E-state index is 0.221. The van der Waals surface area contributed by atoms with Gasteiger partial charge in [-0.15, -0.1) is 0 Å². The molecule has 0 heterocycles. The maximum atomic E-state index is 10.7. The quantitative estimate of drug-likeness (QED) is 0.623. The summed E-state index contributed by atoms with van der Waals surface area (Å²) in [4.78, 5) is 10.7. The number of nitrogens with one attached hydrogen (secondary N) is 1. The van der Waals surface area contributed by atoms with Crippen LogP contribution in [-0.4, -0.2) is 18.5 Å². The normalized spacial score (nSPS) is 12.3. The molecular formula is C6H11ClN2O.